The summed E-state index contributed by atoms with van der Waals surface area (Å²) in [7, 11) is 0. The molecule has 2 bridgehead atoms. The van der Waals surface area contributed by atoms with Crippen molar-refractivity contribution in [1.29, 1.82) is 0 Å². The van der Waals surface area contributed by atoms with E-state index in [0.717, 1.165) is 45.6 Å². The number of alkyl halides is 3. The Morgan fingerprint density at radius 2 is 1.65 bits per heavy atom. The number of piperazine rings is 1. The van der Waals surface area contributed by atoms with Crippen molar-refractivity contribution in [2.24, 2.45) is 0 Å². The van der Waals surface area contributed by atoms with Gasteiger partial charge in [-0.25, -0.2) is 4.79 Å². The predicted octanol–water partition coefficient (Wildman–Crippen LogP) is 9.14. The van der Waals surface area contributed by atoms with Gasteiger partial charge in [0, 0.05) is 36.1 Å². The van der Waals surface area contributed by atoms with Crippen LogP contribution in [0.25, 0.3) is 5.57 Å². The van der Waals surface area contributed by atoms with Crippen molar-refractivity contribution in [2.75, 3.05) is 19.7 Å². The number of ether oxygens (including phenoxy) is 2. The quantitative estimate of drug-likeness (QED) is 0.200. The molecule has 2 heterocycles. The Morgan fingerprint density at radius 1 is 0.980 bits per heavy atom. The van der Waals surface area contributed by atoms with E-state index in [0.29, 0.717) is 43.1 Å². The highest BCUT2D eigenvalue weighted by Gasteiger charge is 2.49. The number of halogens is 5. The highest BCUT2D eigenvalue weighted by atomic mass is 35.6. The molecule has 51 heavy (non-hydrogen) atoms. The van der Waals surface area contributed by atoms with Crippen LogP contribution in [0.3, 0.4) is 0 Å². The van der Waals surface area contributed by atoms with Gasteiger partial charge in [0.1, 0.15) is 5.75 Å². The number of carbonyl (C=O) groups is 2. The van der Waals surface area contributed by atoms with Crippen LogP contribution in [0.2, 0.25) is 5.02 Å². The van der Waals surface area contributed by atoms with E-state index < -0.39 is 21.5 Å². The SMILES string of the molecule is Cc1ccc(C)c(OCCc2ccc(C3=C(C(=O)NC(C)Cc4ccccc4Cl)[C@H]4CNCC(C3)N4C(=O)OC(C)(C)C(Cl)(Cl)Cl)cc2)c1C.Cl. The maximum atomic E-state index is 14.3. The second-order valence-corrected chi connectivity index (χ2v) is 16.5. The maximum absolute atomic E-state index is 14.3. The molecule has 12 heteroatoms. The van der Waals surface area contributed by atoms with Crippen LogP contribution in [0.1, 0.15) is 60.6 Å². The zero-order chi connectivity index (χ0) is 36.4. The van der Waals surface area contributed by atoms with E-state index in [4.69, 9.17) is 55.9 Å². The minimum absolute atomic E-state index is 0. The fourth-order valence-electron chi connectivity index (χ4n) is 6.60. The summed E-state index contributed by atoms with van der Waals surface area (Å²) in [5, 5.41) is 7.24. The molecule has 5 rings (SSSR count). The number of carbonyl (C=O) groups excluding carboxylic acids is 2. The Hall–Kier alpha value is -2.65. The smallest absolute Gasteiger partial charge is 0.411 e. The molecule has 2 amide bonds. The first-order chi connectivity index (χ1) is 23.6. The normalized spacial score (nSPS) is 18.1. The number of hydrogen-bond acceptors (Lipinski definition) is 5. The molecule has 3 aromatic carbocycles. The lowest BCUT2D eigenvalue weighted by Gasteiger charge is -2.48. The minimum atomic E-state index is -1.86. The Balaban J connectivity index is 0.00000583. The van der Waals surface area contributed by atoms with Gasteiger partial charge >= 0.3 is 6.09 Å². The Bertz CT molecular complexity index is 1760. The maximum Gasteiger partial charge on any atom is 0.411 e. The zero-order valence-corrected chi connectivity index (χ0v) is 33.6. The molecule has 0 aromatic heterocycles. The summed E-state index contributed by atoms with van der Waals surface area (Å²) in [5.74, 6) is 0.681. The number of aryl methyl sites for hydroxylation is 2. The van der Waals surface area contributed by atoms with Gasteiger partial charge in [-0.1, -0.05) is 101 Å². The monoisotopic (exact) mass is 795 g/mol. The highest BCUT2D eigenvalue weighted by Crippen LogP contribution is 2.42. The van der Waals surface area contributed by atoms with E-state index in [1.165, 1.54) is 5.56 Å². The summed E-state index contributed by atoms with van der Waals surface area (Å²) in [6, 6.07) is 18.9. The number of amides is 2. The molecule has 2 unspecified atom stereocenters. The van der Waals surface area contributed by atoms with Gasteiger partial charge in [-0.05, 0) is 99.4 Å². The summed E-state index contributed by atoms with van der Waals surface area (Å²) < 4.78 is 10.2. The van der Waals surface area contributed by atoms with Crippen LogP contribution in [0.15, 0.2) is 66.2 Å². The third-order valence-corrected chi connectivity index (χ3v) is 11.4. The number of nitrogens with one attached hydrogen (secondary N) is 2. The molecule has 0 radical (unpaired) electrons. The second kappa shape index (κ2) is 17.0. The first-order valence-electron chi connectivity index (χ1n) is 16.9. The number of nitrogens with zero attached hydrogens (tertiary/aromatic N) is 1. The van der Waals surface area contributed by atoms with Crippen LogP contribution in [0.5, 0.6) is 5.75 Å². The second-order valence-electron chi connectivity index (χ2n) is 13.8. The van der Waals surface area contributed by atoms with Gasteiger partial charge in [0.25, 0.3) is 0 Å². The van der Waals surface area contributed by atoms with Gasteiger partial charge in [0.15, 0.2) is 5.60 Å². The van der Waals surface area contributed by atoms with E-state index in [9.17, 15) is 9.59 Å². The molecule has 0 saturated carbocycles. The van der Waals surface area contributed by atoms with E-state index in [2.05, 4.69) is 67.8 Å². The zero-order valence-electron chi connectivity index (χ0n) is 29.7. The molecule has 3 atom stereocenters. The van der Waals surface area contributed by atoms with Crippen LogP contribution >= 0.6 is 58.8 Å². The summed E-state index contributed by atoms with van der Waals surface area (Å²) in [4.78, 5) is 29.8. The van der Waals surface area contributed by atoms with Crippen molar-refractivity contribution in [3.63, 3.8) is 0 Å². The van der Waals surface area contributed by atoms with Gasteiger partial charge in [0.05, 0.1) is 18.7 Å². The van der Waals surface area contributed by atoms with E-state index in [1.807, 2.05) is 31.2 Å². The largest absolute Gasteiger partial charge is 0.493 e. The summed E-state index contributed by atoms with van der Waals surface area (Å²) in [6.07, 6.45) is 1.07. The van der Waals surface area contributed by atoms with Gasteiger partial charge < -0.3 is 20.1 Å². The number of rotatable bonds is 10. The minimum Gasteiger partial charge on any atom is -0.493 e. The average Bonchev–Trinajstić information content (AvgIpc) is 3.04. The van der Waals surface area contributed by atoms with Crippen molar-refractivity contribution < 1.29 is 19.1 Å². The molecular weight excluding hydrogens is 752 g/mol. The number of benzene rings is 3. The van der Waals surface area contributed by atoms with Crippen LogP contribution in [0, 0.1) is 20.8 Å². The fraction of sp³-hybridized carbons (Fsp3) is 0.436. The summed E-state index contributed by atoms with van der Waals surface area (Å²) >= 11 is 25.0. The molecule has 0 spiro atoms. The van der Waals surface area contributed by atoms with E-state index in [1.54, 1.807) is 18.7 Å². The molecule has 2 N–H and O–H groups in total. The molecule has 1 fully saturated rings. The fourth-order valence-corrected chi connectivity index (χ4v) is 6.93. The lowest BCUT2D eigenvalue weighted by Crippen LogP contribution is -2.64. The standard InChI is InChI=1S/C39H45Cl4N3O4.ClH/c1-23-11-12-24(2)35(26(23)4)49-18-17-27-13-15-28(16-14-27)31-20-30-21-44-22-33(46(30)37(48)50-38(5,6)39(41,42)43)34(31)36(47)45-25(3)19-29-9-7-8-10-32(29)40;/h7-16,25,30,33,44H,17-22H2,1-6H3,(H,45,47);1H/t25?,30?,33-;/m1./s1. The third kappa shape index (κ3) is 9.48. The predicted molar refractivity (Wildman–Crippen MR) is 211 cm³/mol. The molecule has 276 valence electrons. The molecule has 2 aliphatic rings. The lowest BCUT2D eigenvalue weighted by molar-refractivity contribution is -0.119. The number of fused-ring (bicyclic) bond motifs is 2. The highest BCUT2D eigenvalue weighted by molar-refractivity contribution is 6.68. The lowest BCUT2D eigenvalue weighted by atomic mass is 9.82. The topological polar surface area (TPSA) is 79.9 Å². The third-order valence-electron chi connectivity index (χ3n) is 9.70. The Labute approximate surface area is 327 Å². The first kappa shape index (κ1) is 41.1. The van der Waals surface area contributed by atoms with Crippen LogP contribution in [-0.4, -0.2) is 64.1 Å². The average molecular weight is 798 g/mol. The molecule has 0 aliphatic carbocycles. The molecule has 1 saturated heterocycles. The van der Waals surface area contributed by atoms with Crippen molar-refractivity contribution in [1.82, 2.24) is 15.5 Å². The molecule has 7 nitrogen and oxygen atoms in total. The van der Waals surface area contributed by atoms with Gasteiger partial charge in [-0.3, -0.25) is 9.69 Å². The van der Waals surface area contributed by atoms with Crippen molar-refractivity contribution in [3.05, 3.63) is 105 Å². The van der Waals surface area contributed by atoms with Crippen molar-refractivity contribution in [3.8, 4) is 5.75 Å². The summed E-state index contributed by atoms with van der Waals surface area (Å²) in [6.45, 7) is 12.7. The first-order valence-corrected chi connectivity index (χ1v) is 18.4. The van der Waals surface area contributed by atoms with Crippen LogP contribution < -0.4 is 15.4 Å². The molecule has 3 aromatic rings. The van der Waals surface area contributed by atoms with Gasteiger partial charge in [-0.15, -0.1) is 12.4 Å². The van der Waals surface area contributed by atoms with Crippen LogP contribution in [-0.2, 0) is 22.4 Å². The molecule has 2 aliphatic heterocycles. The van der Waals surface area contributed by atoms with Crippen molar-refractivity contribution >= 4 is 76.4 Å². The Morgan fingerprint density at radius 3 is 2.31 bits per heavy atom. The van der Waals surface area contributed by atoms with Crippen LogP contribution in [0.4, 0.5) is 4.79 Å². The summed E-state index contributed by atoms with van der Waals surface area (Å²) in [5.41, 5.74) is 6.44. The Kier molecular flexibility index (Phi) is 13.7. The van der Waals surface area contributed by atoms with Gasteiger partial charge in [0.2, 0.25) is 9.70 Å². The molecular formula is C39H46Cl5N3O4. The van der Waals surface area contributed by atoms with E-state index in [-0.39, 0.29) is 30.4 Å². The van der Waals surface area contributed by atoms with E-state index >= 15 is 0 Å². The van der Waals surface area contributed by atoms with Crippen molar-refractivity contribution in [2.45, 2.75) is 88.3 Å². The number of hydrogen-bond donors (Lipinski definition) is 2. The van der Waals surface area contributed by atoms with Gasteiger partial charge in [-0.2, -0.15) is 0 Å².